The van der Waals surface area contributed by atoms with E-state index in [9.17, 15) is 4.79 Å². The number of imidazole rings is 2. The fourth-order valence-corrected chi connectivity index (χ4v) is 1.10. The molecule has 0 spiro atoms. The Kier molecular flexibility index (Phi) is 1.70. The van der Waals surface area contributed by atoms with Crippen molar-refractivity contribution in [3.8, 4) is 11.6 Å². The van der Waals surface area contributed by atoms with Gasteiger partial charge in [0.05, 0.1) is 11.9 Å². The van der Waals surface area contributed by atoms with Gasteiger partial charge >= 0.3 is 0 Å². The van der Waals surface area contributed by atoms with E-state index in [1.807, 2.05) is 17.8 Å². The number of rotatable bonds is 2. The van der Waals surface area contributed by atoms with Crippen molar-refractivity contribution in [3.63, 3.8) is 0 Å². The number of nitrogens with zero attached hydrogens (tertiary/aromatic N) is 3. The van der Waals surface area contributed by atoms with E-state index in [2.05, 4.69) is 15.0 Å². The largest absolute Gasteiger partial charge is 0.333 e. The zero-order valence-electron chi connectivity index (χ0n) is 7.06. The highest BCUT2D eigenvalue weighted by atomic mass is 16.1. The minimum Gasteiger partial charge on any atom is -0.333 e. The second kappa shape index (κ2) is 2.85. The lowest BCUT2D eigenvalue weighted by Gasteiger charge is -1.95. The number of aldehydes is 1. The highest BCUT2D eigenvalue weighted by molar-refractivity contribution is 5.72. The van der Waals surface area contributed by atoms with Gasteiger partial charge in [0, 0.05) is 19.4 Å². The van der Waals surface area contributed by atoms with Crippen LogP contribution in [0.15, 0.2) is 18.6 Å². The summed E-state index contributed by atoms with van der Waals surface area (Å²) in [5.41, 5.74) is 0.456. The number of hydrogen-bond donors (Lipinski definition) is 1. The fraction of sp³-hybridized carbons (Fsp3) is 0.125. The summed E-state index contributed by atoms with van der Waals surface area (Å²) in [6.45, 7) is 0. The molecule has 0 amide bonds. The van der Waals surface area contributed by atoms with Gasteiger partial charge in [0.1, 0.15) is 0 Å². The van der Waals surface area contributed by atoms with Crippen LogP contribution in [-0.2, 0) is 7.05 Å². The molecule has 0 unspecified atom stereocenters. The molecular weight excluding hydrogens is 168 g/mol. The number of H-pyrrole nitrogens is 1. The first-order valence-electron chi connectivity index (χ1n) is 3.79. The molecule has 0 radical (unpaired) electrons. The summed E-state index contributed by atoms with van der Waals surface area (Å²) < 4.78 is 1.83. The van der Waals surface area contributed by atoms with Gasteiger partial charge in [-0.25, -0.2) is 9.97 Å². The second-order valence-corrected chi connectivity index (χ2v) is 2.67. The SMILES string of the molecule is Cn1ccnc1-c1ncc(C=O)[nH]1. The number of hydrogen-bond acceptors (Lipinski definition) is 3. The van der Waals surface area contributed by atoms with Crippen LogP contribution < -0.4 is 0 Å². The lowest BCUT2D eigenvalue weighted by atomic mass is 10.5. The molecule has 5 heteroatoms. The number of aromatic amines is 1. The molecule has 0 aromatic carbocycles. The average Bonchev–Trinajstić information content (AvgIpc) is 2.71. The molecule has 0 aliphatic rings. The summed E-state index contributed by atoms with van der Waals surface area (Å²) in [7, 11) is 1.87. The first-order valence-corrected chi connectivity index (χ1v) is 3.79. The Morgan fingerprint density at radius 2 is 2.38 bits per heavy atom. The normalized spacial score (nSPS) is 10.2. The van der Waals surface area contributed by atoms with Gasteiger partial charge in [0.15, 0.2) is 17.9 Å². The molecule has 2 aromatic rings. The molecule has 2 heterocycles. The molecule has 0 saturated carbocycles. The Labute approximate surface area is 74.4 Å². The third-order valence-electron chi connectivity index (χ3n) is 1.76. The first-order chi connectivity index (χ1) is 6.31. The number of carbonyl (C=O) groups excluding carboxylic acids is 1. The predicted octanol–water partition coefficient (Wildman–Crippen LogP) is 0.623. The van der Waals surface area contributed by atoms with E-state index in [0.29, 0.717) is 17.3 Å². The quantitative estimate of drug-likeness (QED) is 0.682. The monoisotopic (exact) mass is 176 g/mol. The van der Waals surface area contributed by atoms with Gasteiger partial charge in [-0.1, -0.05) is 0 Å². The molecule has 0 bridgehead atoms. The maximum absolute atomic E-state index is 10.4. The maximum Gasteiger partial charge on any atom is 0.175 e. The molecule has 1 N–H and O–H groups in total. The second-order valence-electron chi connectivity index (χ2n) is 2.67. The molecule has 13 heavy (non-hydrogen) atoms. The van der Waals surface area contributed by atoms with Gasteiger partial charge in [-0.3, -0.25) is 4.79 Å². The van der Waals surface area contributed by atoms with Crippen LogP contribution in [0.25, 0.3) is 11.6 Å². The molecule has 5 nitrogen and oxygen atoms in total. The molecule has 66 valence electrons. The number of aromatic nitrogens is 4. The third kappa shape index (κ3) is 1.24. The Morgan fingerprint density at radius 1 is 1.54 bits per heavy atom. The molecule has 0 atom stereocenters. The molecule has 2 aromatic heterocycles. The summed E-state index contributed by atoms with van der Waals surface area (Å²) in [6.07, 6.45) is 5.70. The van der Waals surface area contributed by atoms with Crippen molar-refractivity contribution in [2.75, 3.05) is 0 Å². The van der Waals surface area contributed by atoms with Crippen molar-refractivity contribution in [2.24, 2.45) is 7.05 Å². The maximum atomic E-state index is 10.4. The Balaban J connectivity index is 2.46. The molecular formula is C8H8N4O. The fourth-order valence-electron chi connectivity index (χ4n) is 1.10. The van der Waals surface area contributed by atoms with Crippen LogP contribution in [0.2, 0.25) is 0 Å². The highest BCUT2D eigenvalue weighted by Crippen LogP contribution is 2.10. The topological polar surface area (TPSA) is 63.6 Å². The van der Waals surface area contributed by atoms with Crippen LogP contribution in [-0.4, -0.2) is 25.8 Å². The van der Waals surface area contributed by atoms with E-state index in [4.69, 9.17) is 0 Å². The molecule has 2 rings (SSSR count). The van der Waals surface area contributed by atoms with Gasteiger partial charge in [-0.15, -0.1) is 0 Å². The van der Waals surface area contributed by atoms with Crippen LogP contribution in [0.4, 0.5) is 0 Å². The lowest BCUT2D eigenvalue weighted by Crippen LogP contribution is -1.92. The molecule has 0 fully saturated rings. The first kappa shape index (κ1) is 7.72. The van der Waals surface area contributed by atoms with Crippen molar-refractivity contribution >= 4 is 6.29 Å². The van der Waals surface area contributed by atoms with Crippen LogP contribution in [0.3, 0.4) is 0 Å². The lowest BCUT2D eigenvalue weighted by molar-refractivity contribution is 0.111. The van der Waals surface area contributed by atoms with Gasteiger partial charge in [0.25, 0.3) is 0 Å². The van der Waals surface area contributed by atoms with Crippen molar-refractivity contribution < 1.29 is 4.79 Å². The van der Waals surface area contributed by atoms with E-state index in [1.54, 1.807) is 6.20 Å². The van der Waals surface area contributed by atoms with Gasteiger partial charge in [0.2, 0.25) is 0 Å². The van der Waals surface area contributed by atoms with E-state index in [-0.39, 0.29) is 0 Å². The van der Waals surface area contributed by atoms with Crippen LogP contribution in [0.5, 0.6) is 0 Å². The average molecular weight is 176 g/mol. The summed E-state index contributed by atoms with van der Waals surface area (Å²) in [5, 5.41) is 0. The van der Waals surface area contributed by atoms with Crippen LogP contribution >= 0.6 is 0 Å². The smallest absolute Gasteiger partial charge is 0.175 e. The summed E-state index contributed by atoms with van der Waals surface area (Å²) in [4.78, 5) is 21.3. The van der Waals surface area contributed by atoms with E-state index in [0.717, 1.165) is 6.29 Å². The standard InChI is InChI=1S/C8H8N4O/c1-12-3-2-9-8(12)7-10-4-6(5-13)11-7/h2-5H,1H3,(H,10,11). The Morgan fingerprint density at radius 3 is 2.92 bits per heavy atom. The zero-order valence-corrected chi connectivity index (χ0v) is 7.06. The summed E-state index contributed by atoms with van der Waals surface area (Å²) >= 11 is 0. The third-order valence-corrected chi connectivity index (χ3v) is 1.76. The summed E-state index contributed by atoms with van der Waals surface area (Å²) in [6, 6.07) is 0. The highest BCUT2D eigenvalue weighted by Gasteiger charge is 2.06. The molecule has 0 aliphatic carbocycles. The van der Waals surface area contributed by atoms with Gasteiger partial charge in [-0.2, -0.15) is 0 Å². The van der Waals surface area contributed by atoms with Crippen LogP contribution in [0.1, 0.15) is 10.5 Å². The number of aryl methyl sites for hydroxylation is 1. The zero-order chi connectivity index (χ0) is 9.26. The van der Waals surface area contributed by atoms with Gasteiger partial charge in [-0.05, 0) is 0 Å². The van der Waals surface area contributed by atoms with Crippen molar-refractivity contribution in [2.45, 2.75) is 0 Å². The summed E-state index contributed by atoms with van der Waals surface area (Å²) in [5.74, 6) is 1.32. The van der Waals surface area contributed by atoms with Crippen LogP contribution in [0, 0.1) is 0 Å². The Bertz CT molecular complexity index is 429. The minimum absolute atomic E-state index is 0.456. The Hall–Kier alpha value is -1.91. The predicted molar refractivity (Wildman–Crippen MR) is 46.2 cm³/mol. The van der Waals surface area contributed by atoms with E-state index >= 15 is 0 Å². The molecule has 0 saturated heterocycles. The van der Waals surface area contributed by atoms with Gasteiger partial charge < -0.3 is 9.55 Å². The number of carbonyl (C=O) groups is 1. The van der Waals surface area contributed by atoms with E-state index in [1.165, 1.54) is 6.20 Å². The number of nitrogens with one attached hydrogen (secondary N) is 1. The van der Waals surface area contributed by atoms with Crippen molar-refractivity contribution in [1.82, 2.24) is 19.5 Å². The van der Waals surface area contributed by atoms with Crippen molar-refractivity contribution in [1.29, 1.82) is 0 Å². The van der Waals surface area contributed by atoms with E-state index < -0.39 is 0 Å². The van der Waals surface area contributed by atoms with Crippen molar-refractivity contribution in [3.05, 3.63) is 24.3 Å². The molecule has 0 aliphatic heterocycles. The minimum atomic E-state index is 0.456.